The zero-order chi connectivity index (χ0) is 24.7. The molecule has 9 nitrogen and oxygen atoms in total. The smallest absolute Gasteiger partial charge is 0.229 e. The van der Waals surface area contributed by atoms with E-state index in [1.807, 2.05) is 30.3 Å². The van der Waals surface area contributed by atoms with Crippen LogP contribution in [0.5, 0.6) is 17.4 Å². The van der Waals surface area contributed by atoms with Crippen molar-refractivity contribution >= 4 is 15.7 Å². The van der Waals surface area contributed by atoms with E-state index in [9.17, 15) is 18.6 Å². The highest BCUT2D eigenvalue weighted by Gasteiger charge is 2.24. The maximum Gasteiger partial charge on any atom is 0.229 e. The average molecular weight is 488 g/mol. The molecule has 0 aliphatic rings. The quantitative estimate of drug-likeness (QED) is 0.304. The van der Waals surface area contributed by atoms with E-state index < -0.39 is 16.1 Å². The molecule has 0 fully saturated rings. The lowest BCUT2D eigenvalue weighted by atomic mass is 9.98. The Labute approximate surface area is 199 Å². The maximum atomic E-state index is 11.6. The highest BCUT2D eigenvalue weighted by atomic mass is 32.2. The van der Waals surface area contributed by atoms with Gasteiger partial charge in [-0.05, 0) is 35.7 Å². The van der Waals surface area contributed by atoms with Crippen LogP contribution in [0.3, 0.4) is 0 Å². The summed E-state index contributed by atoms with van der Waals surface area (Å²) >= 11 is 0. The van der Waals surface area contributed by atoms with Crippen molar-refractivity contribution in [2.45, 2.75) is 18.6 Å². The molecule has 0 saturated carbocycles. The van der Waals surface area contributed by atoms with E-state index in [2.05, 4.69) is 15.0 Å². The molecule has 3 rings (SSSR count). The number of rotatable bonds is 11. The molecule has 0 amide bonds. The summed E-state index contributed by atoms with van der Waals surface area (Å²) in [6.07, 6.45) is 2.16. The van der Waals surface area contributed by atoms with Gasteiger partial charge in [0.15, 0.2) is 0 Å². The lowest BCUT2D eigenvalue weighted by Gasteiger charge is -2.24. The number of benzene rings is 2. The first-order valence-corrected chi connectivity index (χ1v) is 12.4. The largest absolute Gasteiger partial charge is 0.506 e. The number of aromatic hydroxyl groups is 1. The van der Waals surface area contributed by atoms with Crippen molar-refractivity contribution in [2.24, 2.45) is 0 Å². The molecule has 2 atom stereocenters. The van der Waals surface area contributed by atoms with Gasteiger partial charge < -0.3 is 25.0 Å². The summed E-state index contributed by atoms with van der Waals surface area (Å²) in [4.78, 5) is 4.31. The van der Waals surface area contributed by atoms with Gasteiger partial charge in [-0.25, -0.2) is 13.4 Å². The molecule has 0 aliphatic heterocycles. The van der Waals surface area contributed by atoms with Crippen LogP contribution in [0.1, 0.15) is 28.8 Å². The van der Waals surface area contributed by atoms with Crippen molar-refractivity contribution in [3.8, 4) is 17.4 Å². The Morgan fingerprint density at radius 1 is 1.06 bits per heavy atom. The Balaban J connectivity index is 1.88. The number of methoxy groups -OCH3 is 2. The number of aliphatic hydroxyl groups excluding tert-OH is 1. The monoisotopic (exact) mass is 487 g/mol. The Kier molecular flexibility index (Phi) is 8.32. The lowest BCUT2D eigenvalue weighted by molar-refractivity contribution is 0.169. The Bertz CT molecular complexity index is 1180. The van der Waals surface area contributed by atoms with Gasteiger partial charge in [0.25, 0.3) is 0 Å². The predicted molar refractivity (Wildman–Crippen MR) is 130 cm³/mol. The number of sulfonamides is 1. The van der Waals surface area contributed by atoms with Crippen LogP contribution in [-0.2, 0) is 16.4 Å². The number of phenols is 1. The zero-order valence-corrected chi connectivity index (χ0v) is 20.0. The molecule has 1 aromatic heterocycles. The standard InChI is InChI=1S/C24H29N3O6S/c1-32-22-11-12-25-24(33-2)23(22)19(13-16-7-5-4-6-8-16)26-15-21(29)17-9-10-20(28)18(14-17)27-34(3,30)31/h4-12,14,19,21,26-29H,13,15H2,1-3H3/t19-,21+/m1/s1. The van der Waals surface area contributed by atoms with E-state index in [0.717, 1.165) is 11.8 Å². The molecule has 0 unspecified atom stereocenters. The molecular formula is C24H29N3O6S. The van der Waals surface area contributed by atoms with Crippen molar-refractivity contribution in [3.63, 3.8) is 0 Å². The van der Waals surface area contributed by atoms with E-state index >= 15 is 0 Å². The summed E-state index contributed by atoms with van der Waals surface area (Å²) in [7, 11) is -0.493. The van der Waals surface area contributed by atoms with E-state index in [1.165, 1.54) is 25.3 Å². The summed E-state index contributed by atoms with van der Waals surface area (Å²) in [6.45, 7) is 0.127. The van der Waals surface area contributed by atoms with Crippen LogP contribution >= 0.6 is 0 Å². The second-order valence-corrected chi connectivity index (χ2v) is 9.50. The molecule has 2 aromatic carbocycles. The molecule has 182 valence electrons. The first-order valence-electron chi connectivity index (χ1n) is 10.5. The van der Waals surface area contributed by atoms with Crippen LogP contribution in [0.15, 0.2) is 60.8 Å². The number of aromatic nitrogens is 1. The molecule has 0 aliphatic carbocycles. The lowest BCUT2D eigenvalue weighted by Crippen LogP contribution is -2.29. The van der Waals surface area contributed by atoms with Gasteiger partial charge in [-0.2, -0.15) is 0 Å². The fourth-order valence-electron chi connectivity index (χ4n) is 3.64. The number of aliphatic hydroxyl groups is 1. The van der Waals surface area contributed by atoms with Gasteiger partial charge in [0.2, 0.25) is 15.9 Å². The predicted octanol–water partition coefficient (Wildman–Crippen LogP) is 2.78. The number of nitrogens with zero attached hydrogens (tertiary/aromatic N) is 1. The van der Waals surface area contributed by atoms with Gasteiger partial charge in [0.05, 0.1) is 37.8 Å². The van der Waals surface area contributed by atoms with Gasteiger partial charge in [0, 0.05) is 18.8 Å². The molecule has 10 heteroatoms. The third-order valence-electron chi connectivity index (χ3n) is 5.22. The Morgan fingerprint density at radius 2 is 1.79 bits per heavy atom. The van der Waals surface area contributed by atoms with Gasteiger partial charge in [-0.1, -0.05) is 36.4 Å². The van der Waals surface area contributed by atoms with E-state index in [0.29, 0.717) is 29.2 Å². The van der Waals surface area contributed by atoms with Gasteiger partial charge in [-0.3, -0.25) is 4.72 Å². The van der Waals surface area contributed by atoms with Crippen molar-refractivity contribution in [3.05, 3.63) is 77.5 Å². The van der Waals surface area contributed by atoms with Crippen molar-refractivity contribution in [1.29, 1.82) is 0 Å². The Hall–Kier alpha value is -3.34. The molecule has 3 aromatic rings. The summed E-state index contributed by atoms with van der Waals surface area (Å²) in [5.41, 5.74) is 2.20. The fourth-order valence-corrected chi connectivity index (χ4v) is 4.20. The van der Waals surface area contributed by atoms with E-state index in [4.69, 9.17) is 9.47 Å². The van der Waals surface area contributed by atoms with Crippen LogP contribution < -0.4 is 19.5 Å². The summed E-state index contributed by atoms with van der Waals surface area (Å²) < 4.78 is 36.4. The van der Waals surface area contributed by atoms with Crippen molar-refractivity contribution in [2.75, 3.05) is 31.7 Å². The average Bonchev–Trinajstić information content (AvgIpc) is 2.82. The van der Waals surface area contributed by atoms with Crippen LogP contribution in [0, 0.1) is 0 Å². The number of hydrogen-bond acceptors (Lipinski definition) is 8. The second-order valence-electron chi connectivity index (χ2n) is 7.75. The molecule has 0 bridgehead atoms. The number of nitrogens with one attached hydrogen (secondary N) is 2. The number of phenolic OH excluding ortho intramolecular Hbond substituents is 1. The van der Waals surface area contributed by atoms with E-state index in [-0.39, 0.29) is 24.0 Å². The molecule has 0 spiro atoms. The highest BCUT2D eigenvalue weighted by Crippen LogP contribution is 2.35. The van der Waals surface area contributed by atoms with Gasteiger partial charge in [0.1, 0.15) is 11.5 Å². The molecular weight excluding hydrogens is 458 g/mol. The minimum Gasteiger partial charge on any atom is -0.506 e. The van der Waals surface area contributed by atoms with Gasteiger partial charge >= 0.3 is 0 Å². The highest BCUT2D eigenvalue weighted by molar-refractivity contribution is 7.92. The van der Waals surface area contributed by atoms with E-state index in [1.54, 1.807) is 19.4 Å². The molecule has 1 heterocycles. The molecule has 34 heavy (non-hydrogen) atoms. The molecule has 0 saturated heterocycles. The van der Waals surface area contributed by atoms with Crippen LogP contribution in [0.4, 0.5) is 5.69 Å². The first-order chi connectivity index (χ1) is 16.2. The van der Waals surface area contributed by atoms with Crippen LogP contribution in [0.2, 0.25) is 0 Å². The third kappa shape index (κ3) is 6.60. The van der Waals surface area contributed by atoms with Crippen molar-refractivity contribution in [1.82, 2.24) is 10.3 Å². The minimum atomic E-state index is -3.60. The number of pyridine rings is 1. The second kappa shape index (κ2) is 11.2. The van der Waals surface area contributed by atoms with Crippen LogP contribution in [-0.4, -0.2) is 50.6 Å². The summed E-state index contributed by atoms with van der Waals surface area (Å²) in [5.74, 6) is 0.770. The summed E-state index contributed by atoms with van der Waals surface area (Å²) in [5, 5.41) is 24.2. The number of anilines is 1. The van der Waals surface area contributed by atoms with Gasteiger partial charge in [-0.15, -0.1) is 0 Å². The molecule has 0 radical (unpaired) electrons. The third-order valence-corrected chi connectivity index (χ3v) is 5.81. The number of ether oxygens (including phenoxy) is 2. The fraction of sp³-hybridized carbons (Fsp3) is 0.292. The SMILES string of the molecule is COc1ccnc(OC)c1[C@@H](Cc1ccccc1)NC[C@H](O)c1ccc(O)c(NS(C)(=O)=O)c1. The van der Waals surface area contributed by atoms with Crippen LogP contribution in [0.25, 0.3) is 0 Å². The zero-order valence-electron chi connectivity index (χ0n) is 19.2. The normalized spacial score (nSPS) is 13.2. The molecule has 4 N–H and O–H groups in total. The topological polar surface area (TPSA) is 130 Å². The van der Waals surface area contributed by atoms with Crippen molar-refractivity contribution < 1.29 is 28.1 Å². The Morgan fingerprint density at radius 3 is 2.44 bits per heavy atom. The minimum absolute atomic E-state index is 0.00418. The summed E-state index contributed by atoms with van der Waals surface area (Å²) in [6, 6.07) is 15.5. The first kappa shape index (κ1) is 25.3. The maximum absolute atomic E-state index is 11.6. The number of hydrogen-bond donors (Lipinski definition) is 4.